The fourth-order valence-electron chi connectivity index (χ4n) is 4.39. The molecule has 2 aliphatic rings. The number of nitrogens with one attached hydrogen (secondary N) is 1. The molecule has 1 aliphatic carbocycles. The van der Waals surface area contributed by atoms with Crippen molar-refractivity contribution in [3.63, 3.8) is 0 Å². The molecule has 1 saturated heterocycles. The molecule has 3 N–H and O–H groups in total. The Morgan fingerprint density at radius 2 is 1.78 bits per heavy atom. The number of hydrogen-bond donors (Lipinski definition) is 2. The van der Waals surface area contributed by atoms with E-state index in [1.807, 2.05) is 30.0 Å². The summed E-state index contributed by atoms with van der Waals surface area (Å²) in [7, 11) is 0. The number of carbonyl (C=O) groups excluding carboxylic acids is 2. The molecule has 1 saturated carbocycles. The zero-order valence-electron chi connectivity index (χ0n) is 16.5. The number of nitrogens with zero attached hydrogens (tertiary/aromatic N) is 1. The lowest BCUT2D eigenvalue weighted by molar-refractivity contribution is -0.119. The van der Waals surface area contributed by atoms with Crippen LogP contribution in [0.25, 0.3) is 0 Å². The van der Waals surface area contributed by atoms with Crippen molar-refractivity contribution in [2.45, 2.75) is 52.5 Å². The van der Waals surface area contributed by atoms with E-state index in [0.29, 0.717) is 17.4 Å². The molecule has 0 radical (unpaired) electrons. The Balaban J connectivity index is 0.00000261. The van der Waals surface area contributed by atoms with Crippen molar-refractivity contribution < 1.29 is 9.59 Å². The molecule has 3 rings (SSSR count). The monoisotopic (exact) mass is 393 g/mol. The van der Waals surface area contributed by atoms with Gasteiger partial charge in [0.2, 0.25) is 5.91 Å². The molecule has 2 amide bonds. The predicted molar refractivity (Wildman–Crippen MR) is 111 cm³/mol. The van der Waals surface area contributed by atoms with Gasteiger partial charge in [-0.15, -0.1) is 12.4 Å². The molecule has 4 unspecified atom stereocenters. The lowest BCUT2D eigenvalue weighted by Gasteiger charge is -2.35. The molecule has 1 heterocycles. The van der Waals surface area contributed by atoms with E-state index in [9.17, 15) is 9.59 Å². The number of rotatable bonds is 3. The van der Waals surface area contributed by atoms with Crippen LogP contribution in [0.5, 0.6) is 0 Å². The summed E-state index contributed by atoms with van der Waals surface area (Å²) in [4.78, 5) is 27.4. The Hall–Kier alpha value is -1.59. The molecule has 2 fully saturated rings. The minimum atomic E-state index is -0.0208. The van der Waals surface area contributed by atoms with Crippen LogP contribution in [-0.4, -0.2) is 35.8 Å². The third-order valence-electron chi connectivity index (χ3n) is 5.74. The van der Waals surface area contributed by atoms with Crippen LogP contribution in [0.1, 0.15) is 55.5 Å². The van der Waals surface area contributed by atoms with E-state index in [1.54, 1.807) is 0 Å². The number of piperidine rings is 1. The van der Waals surface area contributed by atoms with Gasteiger partial charge < -0.3 is 16.0 Å². The van der Waals surface area contributed by atoms with Crippen LogP contribution in [0.3, 0.4) is 0 Å². The van der Waals surface area contributed by atoms with E-state index in [2.05, 4.69) is 19.2 Å². The standard InChI is InChI=1S/C21H31N3O2.ClH/c1-13-8-14(2)12-24(11-13)21(26)17-5-4-15(3)19(10-17)23-20(25)16-6-7-18(22)9-16;/h4-5,10,13-14,16,18H,6-9,11-12,22H2,1-3H3,(H,23,25);1H. The first kappa shape index (κ1) is 21.7. The molecular formula is C21H32ClN3O2. The van der Waals surface area contributed by atoms with E-state index in [1.165, 1.54) is 6.42 Å². The van der Waals surface area contributed by atoms with Gasteiger partial charge in [-0.2, -0.15) is 0 Å². The second-order valence-corrected chi connectivity index (χ2v) is 8.45. The number of halogens is 1. The van der Waals surface area contributed by atoms with Gasteiger partial charge >= 0.3 is 0 Å². The van der Waals surface area contributed by atoms with E-state index in [-0.39, 0.29) is 36.2 Å². The third-order valence-corrected chi connectivity index (χ3v) is 5.74. The Morgan fingerprint density at radius 1 is 1.11 bits per heavy atom. The van der Waals surface area contributed by atoms with Gasteiger partial charge in [0.05, 0.1) is 0 Å². The second-order valence-electron chi connectivity index (χ2n) is 8.45. The minimum absolute atomic E-state index is 0. The SMILES string of the molecule is Cc1ccc(C(=O)N2CC(C)CC(C)C2)cc1NC(=O)C1CCC(N)C1.Cl. The van der Waals surface area contributed by atoms with Crippen LogP contribution in [-0.2, 0) is 4.79 Å². The number of amides is 2. The summed E-state index contributed by atoms with van der Waals surface area (Å²) in [6.45, 7) is 7.96. The van der Waals surface area contributed by atoms with Crippen molar-refractivity contribution in [3.8, 4) is 0 Å². The van der Waals surface area contributed by atoms with E-state index in [0.717, 1.165) is 43.6 Å². The highest BCUT2D eigenvalue weighted by Crippen LogP contribution is 2.27. The van der Waals surface area contributed by atoms with Crippen molar-refractivity contribution in [1.29, 1.82) is 0 Å². The molecule has 5 nitrogen and oxygen atoms in total. The van der Waals surface area contributed by atoms with E-state index >= 15 is 0 Å². The first-order valence-corrected chi connectivity index (χ1v) is 9.80. The molecule has 27 heavy (non-hydrogen) atoms. The van der Waals surface area contributed by atoms with Gasteiger partial charge in [-0.3, -0.25) is 9.59 Å². The van der Waals surface area contributed by atoms with Crippen molar-refractivity contribution in [2.24, 2.45) is 23.5 Å². The number of anilines is 1. The quantitative estimate of drug-likeness (QED) is 0.823. The average molecular weight is 394 g/mol. The van der Waals surface area contributed by atoms with Gasteiger partial charge in [-0.25, -0.2) is 0 Å². The topological polar surface area (TPSA) is 75.4 Å². The fourth-order valence-corrected chi connectivity index (χ4v) is 4.39. The van der Waals surface area contributed by atoms with Crippen LogP contribution in [0.15, 0.2) is 18.2 Å². The maximum absolute atomic E-state index is 12.9. The average Bonchev–Trinajstić information content (AvgIpc) is 3.02. The van der Waals surface area contributed by atoms with Crippen molar-refractivity contribution in [2.75, 3.05) is 18.4 Å². The first-order valence-electron chi connectivity index (χ1n) is 9.80. The summed E-state index contributed by atoms with van der Waals surface area (Å²) >= 11 is 0. The van der Waals surface area contributed by atoms with Crippen LogP contribution in [0.4, 0.5) is 5.69 Å². The lowest BCUT2D eigenvalue weighted by atomic mass is 9.91. The molecule has 150 valence electrons. The van der Waals surface area contributed by atoms with Crippen LogP contribution in [0, 0.1) is 24.7 Å². The highest BCUT2D eigenvalue weighted by Gasteiger charge is 2.29. The fraction of sp³-hybridized carbons (Fsp3) is 0.619. The van der Waals surface area contributed by atoms with Crippen molar-refractivity contribution in [1.82, 2.24) is 4.90 Å². The van der Waals surface area contributed by atoms with E-state index in [4.69, 9.17) is 5.73 Å². The predicted octanol–water partition coefficient (Wildman–Crippen LogP) is 3.60. The van der Waals surface area contributed by atoms with Crippen molar-refractivity contribution in [3.05, 3.63) is 29.3 Å². The highest BCUT2D eigenvalue weighted by molar-refractivity contribution is 5.98. The maximum Gasteiger partial charge on any atom is 0.253 e. The lowest BCUT2D eigenvalue weighted by Crippen LogP contribution is -2.42. The molecule has 1 aromatic rings. The molecule has 0 spiro atoms. The summed E-state index contributed by atoms with van der Waals surface area (Å²) in [5, 5.41) is 3.02. The Bertz CT molecular complexity index is 684. The normalized spacial score (nSPS) is 27.8. The van der Waals surface area contributed by atoms with E-state index < -0.39 is 0 Å². The van der Waals surface area contributed by atoms with Crippen LogP contribution >= 0.6 is 12.4 Å². The molecule has 0 aromatic heterocycles. The summed E-state index contributed by atoms with van der Waals surface area (Å²) in [5.41, 5.74) is 8.28. The molecular weight excluding hydrogens is 362 g/mol. The van der Waals surface area contributed by atoms with Gasteiger partial charge in [-0.1, -0.05) is 19.9 Å². The largest absolute Gasteiger partial charge is 0.338 e. The maximum atomic E-state index is 12.9. The number of carbonyl (C=O) groups is 2. The Morgan fingerprint density at radius 3 is 2.37 bits per heavy atom. The third kappa shape index (κ3) is 5.23. The van der Waals surface area contributed by atoms with Gasteiger partial charge in [-0.05, 0) is 62.1 Å². The number of benzene rings is 1. The number of hydrogen-bond acceptors (Lipinski definition) is 3. The molecule has 0 bridgehead atoms. The summed E-state index contributed by atoms with van der Waals surface area (Å²) < 4.78 is 0. The zero-order valence-corrected chi connectivity index (χ0v) is 17.3. The highest BCUT2D eigenvalue weighted by atomic mass is 35.5. The molecule has 1 aromatic carbocycles. The number of likely N-dealkylation sites (tertiary alicyclic amines) is 1. The summed E-state index contributed by atoms with van der Waals surface area (Å²) in [5.74, 6) is 1.11. The van der Waals surface area contributed by atoms with Gasteiger partial charge in [0.15, 0.2) is 0 Å². The van der Waals surface area contributed by atoms with Crippen LogP contribution < -0.4 is 11.1 Å². The zero-order chi connectivity index (χ0) is 18.8. The van der Waals surface area contributed by atoms with Gasteiger partial charge in [0, 0.05) is 36.3 Å². The summed E-state index contributed by atoms with van der Waals surface area (Å²) in [6.07, 6.45) is 3.66. The minimum Gasteiger partial charge on any atom is -0.338 e. The smallest absolute Gasteiger partial charge is 0.253 e. The number of aryl methyl sites for hydroxylation is 1. The summed E-state index contributed by atoms with van der Waals surface area (Å²) in [6, 6.07) is 5.74. The second kappa shape index (κ2) is 9.07. The Kier molecular flexibility index (Phi) is 7.29. The van der Waals surface area contributed by atoms with Crippen molar-refractivity contribution >= 4 is 29.9 Å². The van der Waals surface area contributed by atoms with Gasteiger partial charge in [0.25, 0.3) is 5.91 Å². The molecule has 6 heteroatoms. The first-order chi connectivity index (χ1) is 12.3. The van der Waals surface area contributed by atoms with Crippen LogP contribution in [0.2, 0.25) is 0 Å². The van der Waals surface area contributed by atoms with Gasteiger partial charge in [0.1, 0.15) is 0 Å². The molecule has 1 aliphatic heterocycles. The number of nitrogens with two attached hydrogens (primary N) is 1. The Labute approximate surface area is 168 Å². The molecule has 4 atom stereocenters.